The zero-order valence-electron chi connectivity index (χ0n) is 9.83. The van der Waals surface area contributed by atoms with Crippen molar-refractivity contribution < 1.29 is 4.79 Å². The van der Waals surface area contributed by atoms with Crippen LogP contribution in [0.4, 0.5) is 0 Å². The lowest BCUT2D eigenvalue weighted by molar-refractivity contribution is -0.124. The van der Waals surface area contributed by atoms with Crippen molar-refractivity contribution in [3.05, 3.63) is 12.2 Å². The average molecular weight is 207 g/mol. The number of Topliss-reactive ketones (excluding diaryl/α,β-unsaturated/α-hetero) is 1. The summed E-state index contributed by atoms with van der Waals surface area (Å²) >= 11 is 0. The monoisotopic (exact) mass is 207 g/mol. The Kier molecular flexibility index (Phi) is 2.96. The van der Waals surface area contributed by atoms with Gasteiger partial charge in [0.2, 0.25) is 0 Å². The molecule has 2 fully saturated rings. The molecular formula is C13H21NO. The Morgan fingerprint density at radius 2 is 2.20 bits per heavy atom. The summed E-state index contributed by atoms with van der Waals surface area (Å²) in [4.78, 5) is 13.7. The van der Waals surface area contributed by atoms with Crippen molar-refractivity contribution >= 4 is 5.78 Å². The molecule has 84 valence electrons. The van der Waals surface area contributed by atoms with Gasteiger partial charge in [0.1, 0.15) is 5.78 Å². The van der Waals surface area contributed by atoms with Gasteiger partial charge in [-0.25, -0.2) is 0 Å². The largest absolute Gasteiger partial charge is 0.298 e. The van der Waals surface area contributed by atoms with Crippen LogP contribution in [0.5, 0.6) is 0 Å². The summed E-state index contributed by atoms with van der Waals surface area (Å²) in [6.07, 6.45) is 4.68. The molecule has 0 aromatic rings. The number of hydrogen-bond acceptors (Lipinski definition) is 2. The molecule has 2 nitrogen and oxygen atoms in total. The molecule has 0 spiro atoms. The highest BCUT2D eigenvalue weighted by Crippen LogP contribution is 2.39. The number of likely N-dealkylation sites (N-methyl/N-ethyl adjacent to an activating group) is 1. The molecule has 1 saturated heterocycles. The van der Waals surface area contributed by atoms with E-state index in [0.29, 0.717) is 5.78 Å². The lowest BCUT2D eigenvalue weighted by atomic mass is 9.71. The number of allylic oxidation sites excluding steroid dienone is 1. The van der Waals surface area contributed by atoms with Crippen LogP contribution in [0, 0.1) is 11.8 Å². The number of likely N-dealkylation sites (tertiary alicyclic amines) is 1. The summed E-state index contributed by atoms with van der Waals surface area (Å²) in [6, 6.07) is 0.164. The van der Waals surface area contributed by atoms with E-state index in [1.807, 2.05) is 0 Å². The van der Waals surface area contributed by atoms with Gasteiger partial charge in [-0.2, -0.15) is 0 Å². The Morgan fingerprint density at radius 1 is 1.47 bits per heavy atom. The molecule has 2 aliphatic rings. The third-order valence-electron chi connectivity index (χ3n) is 4.14. The second-order valence-corrected chi connectivity index (χ2v) is 5.31. The first kappa shape index (κ1) is 10.9. The zero-order chi connectivity index (χ0) is 11.0. The molecule has 15 heavy (non-hydrogen) atoms. The molecule has 2 rings (SSSR count). The summed E-state index contributed by atoms with van der Waals surface area (Å²) in [5, 5.41) is 0. The van der Waals surface area contributed by atoms with Gasteiger partial charge in [0, 0.05) is 6.54 Å². The van der Waals surface area contributed by atoms with Gasteiger partial charge >= 0.3 is 0 Å². The predicted octanol–water partition coefficient (Wildman–Crippen LogP) is 2.25. The normalized spacial score (nSPS) is 37.5. The van der Waals surface area contributed by atoms with E-state index in [2.05, 4.69) is 18.5 Å². The number of nitrogens with zero attached hydrogens (tertiary/aromatic N) is 1. The number of rotatable bonds is 1. The van der Waals surface area contributed by atoms with Crippen LogP contribution in [0.1, 0.15) is 32.6 Å². The van der Waals surface area contributed by atoms with Gasteiger partial charge in [-0.3, -0.25) is 9.69 Å². The fourth-order valence-corrected chi connectivity index (χ4v) is 3.22. The van der Waals surface area contributed by atoms with Gasteiger partial charge in [0.15, 0.2) is 0 Å². The van der Waals surface area contributed by atoms with E-state index in [9.17, 15) is 4.79 Å². The van der Waals surface area contributed by atoms with Crippen LogP contribution < -0.4 is 0 Å². The highest BCUT2D eigenvalue weighted by atomic mass is 16.1. The average Bonchev–Trinajstić information content (AvgIpc) is 2.17. The van der Waals surface area contributed by atoms with Crippen molar-refractivity contribution in [2.24, 2.45) is 11.8 Å². The molecule has 1 aliphatic carbocycles. The molecule has 0 aromatic heterocycles. The lowest BCUT2D eigenvalue weighted by Crippen LogP contribution is -2.49. The zero-order valence-corrected chi connectivity index (χ0v) is 9.83. The SMILES string of the molecule is C=C1CCC2CN(C)C(C(C)=O)CC2C1. The van der Waals surface area contributed by atoms with Crippen LogP contribution in [0.3, 0.4) is 0 Å². The van der Waals surface area contributed by atoms with E-state index in [1.165, 1.54) is 18.4 Å². The highest BCUT2D eigenvalue weighted by molar-refractivity contribution is 5.81. The van der Waals surface area contributed by atoms with Crippen molar-refractivity contribution in [1.29, 1.82) is 0 Å². The summed E-state index contributed by atoms with van der Waals surface area (Å²) in [5.41, 5.74) is 1.39. The third kappa shape index (κ3) is 2.15. The Bertz CT molecular complexity index is 284. The van der Waals surface area contributed by atoms with Crippen molar-refractivity contribution in [3.8, 4) is 0 Å². The van der Waals surface area contributed by atoms with Crippen LogP contribution >= 0.6 is 0 Å². The standard InChI is InChI=1S/C13H21NO/c1-9-4-5-11-8-14(3)13(10(2)15)7-12(11)6-9/h11-13H,1,4-8H2,2-3H3. The van der Waals surface area contributed by atoms with Crippen LogP contribution in [0.2, 0.25) is 0 Å². The number of carbonyl (C=O) groups is 1. The molecule has 1 heterocycles. The Hall–Kier alpha value is -0.630. The first-order valence-corrected chi connectivity index (χ1v) is 5.95. The van der Waals surface area contributed by atoms with Crippen LogP contribution in [-0.4, -0.2) is 30.3 Å². The van der Waals surface area contributed by atoms with Crippen molar-refractivity contribution in [3.63, 3.8) is 0 Å². The van der Waals surface area contributed by atoms with Crippen molar-refractivity contribution in [2.45, 2.75) is 38.6 Å². The molecular weight excluding hydrogens is 186 g/mol. The second kappa shape index (κ2) is 4.09. The maximum Gasteiger partial charge on any atom is 0.146 e. The summed E-state index contributed by atoms with van der Waals surface area (Å²) in [6.45, 7) is 6.92. The molecule has 3 unspecified atom stereocenters. The topological polar surface area (TPSA) is 20.3 Å². The van der Waals surface area contributed by atoms with Gasteiger partial charge in [-0.05, 0) is 51.5 Å². The van der Waals surface area contributed by atoms with Gasteiger partial charge in [-0.15, -0.1) is 0 Å². The Labute approximate surface area is 92.3 Å². The number of piperidine rings is 1. The van der Waals surface area contributed by atoms with E-state index in [0.717, 1.165) is 31.2 Å². The van der Waals surface area contributed by atoms with E-state index in [-0.39, 0.29) is 6.04 Å². The van der Waals surface area contributed by atoms with Gasteiger partial charge in [0.05, 0.1) is 6.04 Å². The molecule has 0 bridgehead atoms. The molecule has 0 amide bonds. The Balaban J connectivity index is 2.06. The number of carbonyl (C=O) groups excluding carboxylic acids is 1. The minimum Gasteiger partial charge on any atom is -0.298 e. The Morgan fingerprint density at radius 3 is 2.87 bits per heavy atom. The number of hydrogen-bond donors (Lipinski definition) is 0. The number of ketones is 1. The molecule has 0 aromatic carbocycles. The molecule has 0 N–H and O–H groups in total. The van der Waals surface area contributed by atoms with Crippen LogP contribution in [0.15, 0.2) is 12.2 Å². The van der Waals surface area contributed by atoms with Crippen LogP contribution in [-0.2, 0) is 4.79 Å². The highest BCUT2D eigenvalue weighted by Gasteiger charge is 2.37. The number of fused-ring (bicyclic) bond motifs is 1. The van der Waals surface area contributed by atoms with Crippen LogP contribution in [0.25, 0.3) is 0 Å². The summed E-state index contributed by atoms with van der Waals surface area (Å²) in [7, 11) is 2.09. The molecule has 2 heteroatoms. The van der Waals surface area contributed by atoms with E-state index >= 15 is 0 Å². The fraction of sp³-hybridized carbons (Fsp3) is 0.769. The summed E-state index contributed by atoms with van der Waals surface area (Å²) in [5.74, 6) is 1.85. The molecule has 3 atom stereocenters. The smallest absolute Gasteiger partial charge is 0.146 e. The maximum absolute atomic E-state index is 11.5. The third-order valence-corrected chi connectivity index (χ3v) is 4.14. The lowest BCUT2D eigenvalue weighted by Gasteiger charge is -2.44. The molecule has 0 radical (unpaired) electrons. The van der Waals surface area contributed by atoms with E-state index in [1.54, 1.807) is 6.92 Å². The van der Waals surface area contributed by atoms with Gasteiger partial charge in [-0.1, -0.05) is 12.2 Å². The minimum absolute atomic E-state index is 0.164. The first-order chi connectivity index (χ1) is 7.08. The fourth-order valence-electron chi connectivity index (χ4n) is 3.22. The van der Waals surface area contributed by atoms with E-state index in [4.69, 9.17) is 0 Å². The quantitative estimate of drug-likeness (QED) is 0.615. The van der Waals surface area contributed by atoms with E-state index < -0.39 is 0 Å². The van der Waals surface area contributed by atoms with Crippen molar-refractivity contribution in [2.75, 3.05) is 13.6 Å². The summed E-state index contributed by atoms with van der Waals surface area (Å²) < 4.78 is 0. The second-order valence-electron chi connectivity index (χ2n) is 5.31. The maximum atomic E-state index is 11.5. The van der Waals surface area contributed by atoms with Crippen molar-refractivity contribution in [1.82, 2.24) is 4.90 Å². The van der Waals surface area contributed by atoms with Gasteiger partial charge < -0.3 is 0 Å². The molecule has 1 aliphatic heterocycles. The first-order valence-electron chi connectivity index (χ1n) is 5.95. The molecule has 1 saturated carbocycles. The predicted molar refractivity (Wildman–Crippen MR) is 61.7 cm³/mol. The van der Waals surface area contributed by atoms with Gasteiger partial charge in [0.25, 0.3) is 0 Å². The minimum atomic E-state index is 0.164.